The van der Waals surface area contributed by atoms with Crippen LogP contribution in [0.3, 0.4) is 0 Å². The number of nitrogens with one attached hydrogen (secondary N) is 2. The third-order valence-electron chi connectivity index (χ3n) is 4.23. The molecule has 112 valence electrons. The predicted octanol–water partition coefficient (Wildman–Crippen LogP) is 1.61. The molecule has 1 aromatic carbocycles. The maximum absolute atomic E-state index is 12.1. The molecule has 6 heteroatoms. The lowest BCUT2D eigenvalue weighted by Gasteiger charge is -2.36. The summed E-state index contributed by atoms with van der Waals surface area (Å²) in [7, 11) is 0. The summed E-state index contributed by atoms with van der Waals surface area (Å²) in [4.78, 5) is 19.3. The molecule has 1 heterocycles. The van der Waals surface area contributed by atoms with Gasteiger partial charge in [0, 0.05) is 5.69 Å². The van der Waals surface area contributed by atoms with E-state index in [9.17, 15) is 9.90 Å². The fraction of sp³-hybridized carbons (Fsp3) is 0.467. The number of hydrogen-bond acceptors (Lipinski definition) is 5. The van der Waals surface area contributed by atoms with E-state index >= 15 is 0 Å². The van der Waals surface area contributed by atoms with Crippen molar-refractivity contribution in [2.24, 2.45) is 0 Å². The van der Waals surface area contributed by atoms with Gasteiger partial charge in [0.05, 0.1) is 23.0 Å². The maximum atomic E-state index is 12.1. The van der Waals surface area contributed by atoms with Gasteiger partial charge in [-0.1, -0.05) is 19.3 Å². The van der Waals surface area contributed by atoms with E-state index in [1.165, 1.54) is 6.42 Å². The molecule has 1 aliphatic rings. The summed E-state index contributed by atoms with van der Waals surface area (Å²) in [6.07, 6.45) is 5.09. The van der Waals surface area contributed by atoms with Crippen LogP contribution in [0.25, 0.3) is 10.9 Å². The van der Waals surface area contributed by atoms with Crippen LogP contribution >= 0.6 is 0 Å². The Balaban J connectivity index is 1.97. The molecule has 0 bridgehead atoms. The van der Waals surface area contributed by atoms with Gasteiger partial charge in [0.1, 0.15) is 0 Å². The number of aliphatic hydroxyl groups excluding tert-OH is 1. The number of aromatic amines is 1. The molecule has 1 aliphatic carbocycles. The number of aliphatic hydroxyl groups is 1. The van der Waals surface area contributed by atoms with E-state index in [4.69, 9.17) is 5.73 Å². The molecular formula is C15H20N4O2. The van der Waals surface area contributed by atoms with E-state index in [0.29, 0.717) is 22.5 Å². The summed E-state index contributed by atoms with van der Waals surface area (Å²) in [5.41, 5.74) is 6.22. The Labute approximate surface area is 122 Å². The predicted molar refractivity (Wildman–Crippen MR) is 83.3 cm³/mol. The summed E-state index contributed by atoms with van der Waals surface area (Å²) in [6, 6.07) is 5.08. The van der Waals surface area contributed by atoms with Crippen molar-refractivity contribution in [3.05, 3.63) is 28.6 Å². The zero-order valence-electron chi connectivity index (χ0n) is 11.9. The second-order valence-electron chi connectivity index (χ2n) is 5.82. The lowest BCUT2D eigenvalue weighted by molar-refractivity contribution is 0.172. The number of nitrogens with two attached hydrogens (primary N) is 1. The van der Waals surface area contributed by atoms with Crippen molar-refractivity contribution in [3.63, 3.8) is 0 Å². The fourth-order valence-electron chi connectivity index (χ4n) is 3.02. The Bertz CT molecular complexity index is 704. The highest BCUT2D eigenvalue weighted by Crippen LogP contribution is 2.30. The van der Waals surface area contributed by atoms with Crippen molar-refractivity contribution < 1.29 is 5.11 Å². The monoisotopic (exact) mass is 288 g/mol. The van der Waals surface area contributed by atoms with Gasteiger partial charge in [0.2, 0.25) is 5.95 Å². The Morgan fingerprint density at radius 1 is 1.33 bits per heavy atom. The average molecular weight is 288 g/mol. The zero-order valence-corrected chi connectivity index (χ0v) is 11.9. The van der Waals surface area contributed by atoms with Gasteiger partial charge in [-0.25, -0.2) is 4.98 Å². The van der Waals surface area contributed by atoms with E-state index in [2.05, 4.69) is 15.3 Å². The first-order valence-corrected chi connectivity index (χ1v) is 7.30. The molecule has 0 spiro atoms. The van der Waals surface area contributed by atoms with E-state index in [1.54, 1.807) is 18.2 Å². The topological polar surface area (TPSA) is 104 Å². The standard InChI is InChI=1S/C15H20N4O2/c16-10-4-5-12-11(8-10)13(21)18-14(17-12)19-15(9-20)6-2-1-3-7-15/h4-5,8,20H,1-3,6-7,9,16H2,(H2,17,18,19,21). The molecule has 5 N–H and O–H groups in total. The van der Waals surface area contributed by atoms with Crippen LogP contribution in [0.1, 0.15) is 32.1 Å². The molecule has 0 amide bonds. The van der Waals surface area contributed by atoms with Crippen LogP contribution in [-0.2, 0) is 0 Å². The van der Waals surface area contributed by atoms with Gasteiger partial charge >= 0.3 is 0 Å². The van der Waals surface area contributed by atoms with Gasteiger partial charge < -0.3 is 16.2 Å². The van der Waals surface area contributed by atoms with E-state index < -0.39 is 0 Å². The molecule has 0 radical (unpaired) electrons. The summed E-state index contributed by atoms with van der Waals surface area (Å²) in [5, 5.41) is 13.4. The zero-order chi connectivity index (χ0) is 14.9. The Hall–Kier alpha value is -2.08. The molecule has 0 atom stereocenters. The Morgan fingerprint density at radius 3 is 2.81 bits per heavy atom. The van der Waals surface area contributed by atoms with Crippen molar-refractivity contribution in [1.82, 2.24) is 9.97 Å². The van der Waals surface area contributed by atoms with Crippen molar-refractivity contribution in [2.45, 2.75) is 37.6 Å². The highest BCUT2D eigenvalue weighted by atomic mass is 16.3. The smallest absolute Gasteiger partial charge is 0.260 e. The molecule has 1 aromatic heterocycles. The highest BCUT2D eigenvalue weighted by molar-refractivity contribution is 5.81. The summed E-state index contributed by atoms with van der Waals surface area (Å²) in [6.45, 7) is 0.0382. The first-order valence-electron chi connectivity index (χ1n) is 7.30. The summed E-state index contributed by atoms with van der Waals surface area (Å²) >= 11 is 0. The number of nitrogens with zero attached hydrogens (tertiary/aromatic N) is 1. The Morgan fingerprint density at radius 2 is 2.10 bits per heavy atom. The first kappa shape index (κ1) is 13.9. The quantitative estimate of drug-likeness (QED) is 0.642. The molecular weight excluding hydrogens is 268 g/mol. The normalized spacial score (nSPS) is 17.8. The van der Waals surface area contributed by atoms with Crippen molar-refractivity contribution in [2.75, 3.05) is 17.7 Å². The second-order valence-corrected chi connectivity index (χ2v) is 5.82. The molecule has 1 fully saturated rings. The van der Waals surface area contributed by atoms with Crippen LogP contribution in [0, 0.1) is 0 Å². The van der Waals surface area contributed by atoms with Crippen molar-refractivity contribution >= 4 is 22.5 Å². The second kappa shape index (κ2) is 5.37. The third kappa shape index (κ3) is 2.71. The largest absolute Gasteiger partial charge is 0.399 e. The molecule has 0 unspecified atom stereocenters. The first-order chi connectivity index (χ1) is 10.1. The van der Waals surface area contributed by atoms with Gasteiger partial charge in [0.25, 0.3) is 5.56 Å². The van der Waals surface area contributed by atoms with Gasteiger partial charge in [-0.15, -0.1) is 0 Å². The van der Waals surface area contributed by atoms with Crippen LogP contribution < -0.4 is 16.6 Å². The number of aromatic nitrogens is 2. The SMILES string of the molecule is Nc1ccc2nc(NC3(CO)CCCCC3)[nH]c(=O)c2c1. The molecule has 6 nitrogen and oxygen atoms in total. The van der Waals surface area contributed by atoms with Crippen LogP contribution in [0.2, 0.25) is 0 Å². The minimum atomic E-state index is -0.379. The average Bonchev–Trinajstić information content (AvgIpc) is 2.49. The molecule has 1 saturated carbocycles. The number of anilines is 2. The third-order valence-corrected chi connectivity index (χ3v) is 4.23. The minimum absolute atomic E-state index is 0.0382. The van der Waals surface area contributed by atoms with Gasteiger partial charge in [-0.05, 0) is 31.0 Å². The van der Waals surface area contributed by atoms with Crippen LogP contribution in [0.4, 0.5) is 11.6 Å². The van der Waals surface area contributed by atoms with Crippen molar-refractivity contribution in [1.29, 1.82) is 0 Å². The van der Waals surface area contributed by atoms with E-state index in [-0.39, 0.29) is 17.7 Å². The van der Waals surface area contributed by atoms with Gasteiger partial charge in [-0.3, -0.25) is 9.78 Å². The molecule has 2 aromatic rings. The lowest BCUT2D eigenvalue weighted by atomic mass is 9.82. The molecule has 0 saturated heterocycles. The maximum Gasteiger partial charge on any atom is 0.260 e. The molecule has 3 rings (SSSR count). The van der Waals surface area contributed by atoms with Crippen LogP contribution in [0.15, 0.2) is 23.0 Å². The number of H-pyrrole nitrogens is 1. The highest BCUT2D eigenvalue weighted by Gasteiger charge is 2.31. The van der Waals surface area contributed by atoms with E-state index in [0.717, 1.165) is 25.7 Å². The number of rotatable bonds is 3. The number of hydrogen-bond donors (Lipinski definition) is 4. The number of nitrogen functional groups attached to an aromatic ring is 1. The Kier molecular flexibility index (Phi) is 3.55. The number of fused-ring (bicyclic) bond motifs is 1. The molecule has 21 heavy (non-hydrogen) atoms. The summed E-state index contributed by atoms with van der Waals surface area (Å²) < 4.78 is 0. The number of benzene rings is 1. The van der Waals surface area contributed by atoms with E-state index in [1.807, 2.05) is 0 Å². The van der Waals surface area contributed by atoms with Crippen LogP contribution in [-0.4, -0.2) is 27.2 Å². The van der Waals surface area contributed by atoms with Crippen LogP contribution in [0.5, 0.6) is 0 Å². The van der Waals surface area contributed by atoms with Crippen molar-refractivity contribution in [3.8, 4) is 0 Å². The lowest BCUT2D eigenvalue weighted by Crippen LogP contribution is -2.44. The fourth-order valence-corrected chi connectivity index (χ4v) is 3.02. The van der Waals surface area contributed by atoms with Gasteiger partial charge in [0.15, 0.2) is 0 Å². The molecule has 0 aliphatic heterocycles. The van der Waals surface area contributed by atoms with Gasteiger partial charge in [-0.2, -0.15) is 0 Å². The summed E-state index contributed by atoms with van der Waals surface area (Å²) in [5.74, 6) is 0.410. The minimum Gasteiger partial charge on any atom is -0.399 e.